The first-order valence-corrected chi connectivity index (χ1v) is 5.54. The highest BCUT2D eigenvalue weighted by Gasteiger charge is 2.27. The molecule has 0 aromatic carbocycles. The molecule has 0 spiro atoms. The Morgan fingerprint density at radius 2 is 2.44 bits per heavy atom. The molecule has 1 aliphatic heterocycles. The van der Waals surface area contributed by atoms with Crippen molar-refractivity contribution in [2.75, 3.05) is 13.7 Å². The van der Waals surface area contributed by atoms with E-state index in [-0.39, 0.29) is 17.7 Å². The van der Waals surface area contributed by atoms with Gasteiger partial charge in [0.1, 0.15) is 0 Å². The molecule has 5 nitrogen and oxygen atoms in total. The van der Waals surface area contributed by atoms with Gasteiger partial charge in [0.2, 0.25) is 5.76 Å². The third kappa shape index (κ3) is 2.03. The zero-order valence-corrected chi connectivity index (χ0v) is 9.60. The van der Waals surface area contributed by atoms with Gasteiger partial charge in [0, 0.05) is 12.6 Å². The summed E-state index contributed by atoms with van der Waals surface area (Å²) in [5.74, 6) is 0.501. The van der Waals surface area contributed by atoms with E-state index in [0.29, 0.717) is 5.88 Å². The predicted octanol–water partition coefficient (Wildman–Crippen LogP) is 1.70. The highest BCUT2D eigenvalue weighted by Crippen LogP contribution is 2.20. The van der Waals surface area contributed by atoms with E-state index < -0.39 is 0 Å². The summed E-state index contributed by atoms with van der Waals surface area (Å²) in [7, 11) is 1.50. The van der Waals surface area contributed by atoms with Crippen LogP contribution in [0.5, 0.6) is 5.88 Å². The molecular formula is C11H16N2O3. The summed E-state index contributed by atoms with van der Waals surface area (Å²) in [6.45, 7) is 2.85. The maximum atomic E-state index is 12.1. The summed E-state index contributed by atoms with van der Waals surface area (Å²) in [4.78, 5) is 13.9. The normalized spacial score (nSPS) is 20.9. The molecule has 16 heavy (non-hydrogen) atoms. The molecule has 5 heteroatoms. The first-order valence-electron chi connectivity index (χ1n) is 5.54. The van der Waals surface area contributed by atoms with Crippen molar-refractivity contribution in [3.63, 3.8) is 0 Å². The number of piperidine rings is 1. The van der Waals surface area contributed by atoms with Crippen LogP contribution < -0.4 is 4.74 Å². The monoisotopic (exact) mass is 224 g/mol. The number of methoxy groups -OCH3 is 1. The summed E-state index contributed by atoms with van der Waals surface area (Å²) in [5, 5.41) is 3.63. The van der Waals surface area contributed by atoms with Crippen molar-refractivity contribution in [2.45, 2.75) is 32.2 Å². The van der Waals surface area contributed by atoms with Crippen molar-refractivity contribution in [3.05, 3.63) is 11.8 Å². The minimum absolute atomic E-state index is 0.0944. The molecule has 1 saturated heterocycles. The van der Waals surface area contributed by atoms with E-state index in [9.17, 15) is 4.79 Å². The highest BCUT2D eigenvalue weighted by molar-refractivity contribution is 5.91. The van der Waals surface area contributed by atoms with Crippen LogP contribution in [0, 0.1) is 0 Å². The molecule has 1 aromatic heterocycles. The Balaban J connectivity index is 2.11. The second kappa shape index (κ2) is 4.55. The van der Waals surface area contributed by atoms with E-state index >= 15 is 0 Å². The number of aromatic nitrogens is 1. The molecule has 1 atom stereocenters. The molecule has 0 aliphatic carbocycles. The highest BCUT2D eigenvalue weighted by atomic mass is 16.5. The van der Waals surface area contributed by atoms with Gasteiger partial charge in [-0.3, -0.25) is 4.79 Å². The lowest BCUT2D eigenvalue weighted by atomic mass is 10.0. The molecule has 2 heterocycles. The van der Waals surface area contributed by atoms with E-state index in [1.807, 2.05) is 4.90 Å². The van der Waals surface area contributed by atoms with E-state index in [0.717, 1.165) is 19.4 Å². The Morgan fingerprint density at radius 3 is 3.06 bits per heavy atom. The van der Waals surface area contributed by atoms with Crippen LogP contribution in [0.4, 0.5) is 0 Å². The maximum absolute atomic E-state index is 12.1. The Hall–Kier alpha value is -1.52. The first kappa shape index (κ1) is 11.0. The van der Waals surface area contributed by atoms with Gasteiger partial charge in [0.25, 0.3) is 11.8 Å². The minimum Gasteiger partial charge on any atom is -0.479 e. The summed E-state index contributed by atoms with van der Waals surface area (Å²) in [6.07, 6.45) is 3.29. The third-order valence-corrected chi connectivity index (χ3v) is 2.97. The molecule has 1 unspecified atom stereocenters. The fraction of sp³-hybridized carbons (Fsp3) is 0.636. The van der Waals surface area contributed by atoms with Crippen LogP contribution >= 0.6 is 0 Å². The van der Waals surface area contributed by atoms with Gasteiger partial charge in [-0.2, -0.15) is 0 Å². The molecule has 0 N–H and O–H groups in total. The molecule has 1 aliphatic rings. The fourth-order valence-electron chi connectivity index (χ4n) is 2.00. The van der Waals surface area contributed by atoms with E-state index in [1.165, 1.54) is 19.6 Å². The molecule has 0 saturated carbocycles. The van der Waals surface area contributed by atoms with Gasteiger partial charge >= 0.3 is 0 Å². The predicted molar refractivity (Wildman–Crippen MR) is 57.4 cm³/mol. The number of carbonyl (C=O) groups excluding carboxylic acids is 1. The third-order valence-electron chi connectivity index (χ3n) is 2.97. The van der Waals surface area contributed by atoms with Gasteiger partial charge in [-0.25, -0.2) is 0 Å². The lowest BCUT2D eigenvalue weighted by molar-refractivity contribution is 0.0593. The number of hydrogen-bond donors (Lipinski definition) is 0. The van der Waals surface area contributed by atoms with E-state index in [4.69, 9.17) is 9.26 Å². The molecule has 1 aromatic rings. The quantitative estimate of drug-likeness (QED) is 0.767. The number of rotatable bonds is 2. The number of nitrogens with zero attached hydrogens (tertiary/aromatic N) is 2. The Bertz CT molecular complexity index is 375. The van der Waals surface area contributed by atoms with Crippen LogP contribution in [-0.2, 0) is 0 Å². The van der Waals surface area contributed by atoms with Gasteiger partial charge in [-0.15, -0.1) is 0 Å². The smallest absolute Gasteiger partial charge is 0.292 e. The van der Waals surface area contributed by atoms with Crippen LogP contribution in [0.1, 0.15) is 36.7 Å². The van der Waals surface area contributed by atoms with Crippen molar-refractivity contribution in [2.24, 2.45) is 0 Å². The van der Waals surface area contributed by atoms with Crippen LogP contribution in [0.25, 0.3) is 0 Å². The lowest BCUT2D eigenvalue weighted by Gasteiger charge is -2.32. The lowest BCUT2D eigenvalue weighted by Crippen LogP contribution is -2.41. The van der Waals surface area contributed by atoms with Crippen LogP contribution in [0.3, 0.4) is 0 Å². The van der Waals surface area contributed by atoms with Gasteiger partial charge in [0.05, 0.1) is 13.2 Å². The Labute approximate surface area is 94.3 Å². The van der Waals surface area contributed by atoms with Crippen molar-refractivity contribution in [1.82, 2.24) is 10.1 Å². The fourth-order valence-corrected chi connectivity index (χ4v) is 2.00. The molecule has 0 radical (unpaired) electrons. The van der Waals surface area contributed by atoms with E-state index in [1.54, 1.807) is 0 Å². The second-order valence-corrected chi connectivity index (χ2v) is 4.08. The number of amides is 1. The number of likely N-dealkylation sites (tertiary alicyclic amines) is 1. The number of ether oxygens (including phenoxy) is 1. The SMILES string of the molecule is COc1cc(C(=O)N2CCCCC2C)on1. The standard InChI is InChI=1S/C11H16N2O3/c1-8-5-3-4-6-13(8)11(14)9-7-10(15-2)12-16-9/h7-8H,3-6H2,1-2H3. The zero-order valence-electron chi connectivity index (χ0n) is 9.60. The first-order chi connectivity index (χ1) is 7.72. The van der Waals surface area contributed by atoms with Crippen molar-refractivity contribution in [3.8, 4) is 5.88 Å². The average Bonchev–Trinajstić information content (AvgIpc) is 2.77. The Kier molecular flexibility index (Phi) is 3.12. The summed E-state index contributed by atoms with van der Waals surface area (Å²) in [6, 6.07) is 1.81. The number of hydrogen-bond acceptors (Lipinski definition) is 4. The van der Waals surface area contributed by atoms with Crippen molar-refractivity contribution < 1.29 is 14.1 Å². The summed E-state index contributed by atoms with van der Waals surface area (Å²) in [5.41, 5.74) is 0. The molecule has 1 fully saturated rings. The van der Waals surface area contributed by atoms with Crippen LogP contribution in [-0.4, -0.2) is 35.7 Å². The van der Waals surface area contributed by atoms with E-state index in [2.05, 4.69) is 12.1 Å². The second-order valence-electron chi connectivity index (χ2n) is 4.08. The molecule has 0 bridgehead atoms. The molecule has 1 amide bonds. The Morgan fingerprint density at radius 1 is 1.62 bits per heavy atom. The van der Waals surface area contributed by atoms with Crippen LogP contribution in [0.2, 0.25) is 0 Å². The maximum Gasteiger partial charge on any atom is 0.292 e. The van der Waals surface area contributed by atoms with Gasteiger partial charge in [-0.1, -0.05) is 0 Å². The largest absolute Gasteiger partial charge is 0.479 e. The average molecular weight is 224 g/mol. The summed E-state index contributed by atoms with van der Waals surface area (Å²) >= 11 is 0. The molecular weight excluding hydrogens is 208 g/mol. The van der Waals surface area contributed by atoms with Gasteiger partial charge in [0.15, 0.2) is 0 Å². The molecule has 2 rings (SSSR count). The van der Waals surface area contributed by atoms with Gasteiger partial charge in [-0.05, 0) is 31.3 Å². The minimum atomic E-state index is -0.0944. The van der Waals surface area contributed by atoms with Crippen LogP contribution in [0.15, 0.2) is 10.6 Å². The van der Waals surface area contributed by atoms with Crippen molar-refractivity contribution in [1.29, 1.82) is 0 Å². The summed E-state index contributed by atoms with van der Waals surface area (Å²) < 4.78 is 9.84. The molecule has 88 valence electrons. The van der Waals surface area contributed by atoms with Gasteiger partial charge < -0.3 is 14.2 Å². The zero-order chi connectivity index (χ0) is 11.5. The number of carbonyl (C=O) groups is 1. The van der Waals surface area contributed by atoms with Crippen molar-refractivity contribution >= 4 is 5.91 Å². The topological polar surface area (TPSA) is 55.6 Å².